The first kappa shape index (κ1) is 13.8. The summed E-state index contributed by atoms with van der Waals surface area (Å²) in [4.78, 5) is 11.7. The van der Waals surface area contributed by atoms with E-state index in [0.717, 1.165) is 19.3 Å². The monoisotopic (exact) mass is 266 g/mol. The molecule has 1 aliphatic carbocycles. The average molecular weight is 266 g/mol. The van der Waals surface area contributed by atoms with Crippen molar-refractivity contribution in [3.8, 4) is 0 Å². The Labute approximate surface area is 112 Å². The van der Waals surface area contributed by atoms with Gasteiger partial charge in [-0.05, 0) is 56.9 Å². The highest BCUT2D eigenvalue weighted by Gasteiger charge is 2.27. The lowest BCUT2D eigenvalue weighted by atomic mass is 9.91. The van der Waals surface area contributed by atoms with E-state index in [-0.39, 0.29) is 18.2 Å². The smallest absolute Gasteiger partial charge is 0.407 e. The molecule has 1 aromatic rings. The average Bonchev–Trinajstić information content (AvgIpc) is 2.79. The molecule has 0 aromatic carbocycles. The Morgan fingerprint density at radius 1 is 1.47 bits per heavy atom. The number of ether oxygens (including phenoxy) is 1. The second kappa shape index (κ2) is 5.54. The van der Waals surface area contributed by atoms with Crippen LogP contribution >= 0.6 is 0 Å². The summed E-state index contributed by atoms with van der Waals surface area (Å²) in [6.45, 7) is 5.54. The normalized spacial score (nSPS) is 23.9. The van der Waals surface area contributed by atoms with Crippen molar-refractivity contribution < 1.29 is 9.53 Å². The molecule has 1 heterocycles. The van der Waals surface area contributed by atoms with Gasteiger partial charge < -0.3 is 10.1 Å². The van der Waals surface area contributed by atoms with Gasteiger partial charge in [0.25, 0.3) is 0 Å². The van der Waals surface area contributed by atoms with Gasteiger partial charge in [0.15, 0.2) is 0 Å². The highest BCUT2D eigenvalue weighted by molar-refractivity contribution is 5.68. The van der Waals surface area contributed by atoms with Crippen LogP contribution in [0, 0.1) is 6.42 Å². The number of nitrogens with zero attached hydrogens (tertiary/aromatic N) is 4. The number of hydrogen-bond donors (Lipinski definition) is 1. The molecular formula is C12H20N5O2. The van der Waals surface area contributed by atoms with Crippen molar-refractivity contribution >= 4 is 6.09 Å². The number of rotatable bonds is 2. The second-order valence-corrected chi connectivity index (χ2v) is 5.75. The summed E-state index contributed by atoms with van der Waals surface area (Å²) >= 11 is 0. The standard InChI is InChI=1S/C12H20N5O2/c1-12(2,3)19-11(18)14-9-5-4-6-10(7-9)17-8-13-15-16-17/h5,8-10H,4,6-7H2,1-3H3,(H,14,18)/t9-,10+/m1/s1. The molecule has 1 radical (unpaired) electrons. The Kier molecular flexibility index (Phi) is 4.01. The van der Waals surface area contributed by atoms with Gasteiger partial charge in [0, 0.05) is 6.04 Å². The van der Waals surface area contributed by atoms with Gasteiger partial charge in [-0.25, -0.2) is 9.48 Å². The van der Waals surface area contributed by atoms with Crippen molar-refractivity contribution in [1.29, 1.82) is 0 Å². The predicted molar refractivity (Wildman–Crippen MR) is 68.2 cm³/mol. The summed E-state index contributed by atoms with van der Waals surface area (Å²) in [5.41, 5.74) is -0.478. The van der Waals surface area contributed by atoms with E-state index in [1.807, 2.05) is 20.8 Å². The van der Waals surface area contributed by atoms with Crippen LogP contribution in [0.15, 0.2) is 6.33 Å². The number of nitrogens with one attached hydrogen (secondary N) is 1. The highest BCUT2D eigenvalue weighted by Crippen LogP contribution is 2.26. The zero-order chi connectivity index (χ0) is 13.9. The van der Waals surface area contributed by atoms with E-state index in [0.29, 0.717) is 0 Å². The van der Waals surface area contributed by atoms with Gasteiger partial charge >= 0.3 is 6.09 Å². The van der Waals surface area contributed by atoms with E-state index >= 15 is 0 Å². The van der Waals surface area contributed by atoms with Gasteiger partial charge in [0.1, 0.15) is 11.9 Å². The molecule has 7 nitrogen and oxygen atoms in total. The fraction of sp³-hybridized carbons (Fsp3) is 0.750. The lowest BCUT2D eigenvalue weighted by Crippen LogP contribution is -2.42. The van der Waals surface area contributed by atoms with E-state index < -0.39 is 5.60 Å². The van der Waals surface area contributed by atoms with E-state index in [1.54, 1.807) is 11.0 Å². The van der Waals surface area contributed by atoms with E-state index in [1.165, 1.54) is 0 Å². The molecule has 0 unspecified atom stereocenters. The molecule has 1 N–H and O–H groups in total. The van der Waals surface area contributed by atoms with E-state index in [4.69, 9.17) is 4.74 Å². The number of carbonyl (C=O) groups excluding carboxylic acids is 1. The van der Waals surface area contributed by atoms with Gasteiger partial charge in [0.2, 0.25) is 0 Å². The maximum Gasteiger partial charge on any atom is 0.407 e. The third kappa shape index (κ3) is 4.18. The number of carbonyl (C=O) groups is 1. The van der Waals surface area contributed by atoms with Crippen molar-refractivity contribution in [2.75, 3.05) is 0 Å². The minimum Gasteiger partial charge on any atom is -0.444 e. The van der Waals surface area contributed by atoms with E-state index in [9.17, 15) is 4.79 Å². The van der Waals surface area contributed by atoms with Crippen LogP contribution in [0.2, 0.25) is 0 Å². The summed E-state index contributed by atoms with van der Waals surface area (Å²) in [6.07, 6.45) is 6.02. The van der Waals surface area contributed by atoms with Crippen LogP contribution in [0.1, 0.15) is 46.1 Å². The molecule has 1 aliphatic rings. The molecule has 0 saturated heterocycles. The quantitative estimate of drug-likeness (QED) is 0.877. The summed E-state index contributed by atoms with van der Waals surface area (Å²) in [7, 11) is 0. The molecule has 7 heteroatoms. The summed E-state index contributed by atoms with van der Waals surface area (Å²) in [6, 6.07) is 0.220. The maximum absolute atomic E-state index is 11.7. The van der Waals surface area contributed by atoms with Crippen molar-refractivity contribution in [2.24, 2.45) is 0 Å². The Morgan fingerprint density at radius 3 is 2.89 bits per heavy atom. The summed E-state index contributed by atoms with van der Waals surface area (Å²) < 4.78 is 7.00. The SMILES string of the molecule is CC(C)(C)OC(=O)N[C@@H]1[CH]CC[C@H](n2cnnn2)C1. The Bertz CT molecular complexity index is 412. The summed E-state index contributed by atoms with van der Waals surface area (Å²) in [5.74, 6) is 0. The highest BCUT2D eigenvalue weighted by atomic mass is 16.6. The van der Waals surface area contributed by atoms with Gasteiger partial charge in [-0.1, -0.05) is 0 Å². The first-order chi connectivity index (χ1) is 8.94. The zero-order valence-electron chi connectivity index (χ0n) is 11.5. The molecule has 0 aliphatic heterocycles. The number of amides is 1. The first-order valence-electron chi connectivity index (χ1n) is 6.49. The molecule has 0 spiro atoms. The predicted octanol–water partition coefficient (Wildman–Crippen LogP) is 1.50. The largest absolute Gasteiger partial charge is 0.444 e. The second-order valence-electron chi connectivity index (χ2n) is 5.75. The van der Waals surface area contributed by atoms with Crippen LogP contribution in [0.4, 0.5) is 4.79 Å². The topological polar surface area (TPSA) is 81.9 Å². The number of tetrazole rings is 1. The van der Waals surface area contributed by atoms with Gasteiger partial charge in [0.05, 0.1) is 6.04 Å². The Morgan fingerprint density at radius 2 is 2.26 bits per heavy atom. The molecule has 1 saturated carbocycles. The summed E-state index contributed by atoms with van der Waals surface area (Å²) in [5, 5.41) is 14.1. The fourth-order valence-electron chi connectivity index (χ4n) is 2.15. The van der Waals surface area contributed by atoms with Gasteiger partial charge in [-0.3, -0.25) is 0 Å². The molecule has 1 fully saturated rings. The number of aromatic nitrogens is 4. The first-order valence-corrected chi connectivity index (χ1v) is 6.49. The van der Waals surface area contributed by atoms with Crippen LogP contribution < -0.4 is 5.32 Å². The van der Waals surface area contributed by atoms with Crippen molar-refractivity contribution in [2.45, 2.75) is 57.7 Å². The minimum atomic E-state index is -0.478. The van der Waals surface area contributed by atoms with E-state index in [2.05, 4.69) is 27.3 Å². The van der Waals surface area contributed by atoms with Crippen molar-refractivity contribution in [3.05, 3.63) is 12.7 Å². The van der Waals surface area contributed by atoms with Crippen LogP contribution in [-0.2, 0) is 4.74 Å². The molecule has 105 valence electrons. The maximum atomic E-state index is 11.7. The molecule has 2 rings (SSSR count). The number of alkyl carbamates (subject to hydrolysis) is 1. The van der Waals surface area contributed by atoms with Gasteiger partial charge in [-0.2, -0.15) is 0 Å². The number of hydrogen-bond acceptors (Lipinski definition) is 5. The fourth-order valence-corrected chi connectivity index (χ4v) is 2.15. The third-order valence-electron chi connectivity index (χ3n) is 2.92. The molecule has 2 atom stereocenters. The lowest BCUT2D eigenvalue weighted by molar-refractivity contribution is 0.0499. The molecular weight excluding hydrogens is 246 g/mol. The van der Waals surface area contributed by atoms with Gasteiger partial charge in [-0.15, -0.1) is 5.10 Å². The van der Waals surface area contributed by atoms with Crippen LogP contribution in [-0.4, -0.2) is 37.9 Å². The third-order valence-corrected chi connectivity index (χ3v) is 2.92. The molecule has 0 bridgehead atoms. The van der Waals surface area contributed by atoms with Crippen molar-refractivity contribution in [1.82, 2.24) is 25.5 Å². The Hall–Kier alpha value is -1.66. The van der Waals surface area contributed by atoms with Crippen LogP contribution in [0.25, 0.3) is 0 Å². The molecule has 1 amide bonds. The molecule has 1 aromatic heterocycles. The zero-order valence-corrected chi connectivity index (χ0v) is 11.5. The lowest BCUT2D eigenvalue weighted by Gasteiger charge is -2.30. The minimum absolute atomic E-state index is 0.00204. The van der Waals surface area contributed by atoms with Crippen LogP contribution in [0.3, 0.4) is 0 Å². The molecule has 19 heavy (non-hydrogen) atoms. The van der Waals surface area contributed by atoms with Crippen LogP contribution in [0.5, 0.6) is 0 Å². The Balaban J connectivity index is 1.86. The van der Waals surface area contributed by atoms with Crippen molar-refractivity contribution in [3.63, 3.8) is 0 Å².